The van der Waals surface area contributed by atoms with Crippen molar-refractivity contribution in [2.24, 2.45) is 0 Å². The molecule has 1 saturated heterocycles. The average molecular weight is 320 g/mol. The number of hydrogen-bond donors (Lipinski definition) is 1. The van der Waals surface area contributed by atoms with Crippen LogP contribution in [0.4, 0.5) is 5.69 Å². The number of likely N-dealkylation sites (N-methyl/N-ethyl adjacent to an activating group) is 1. The van der Waals surface area contributed by atoms with E-state index in [0.717, 1.165) is 42.1 Å². The molecule has 1 aliphatic heterocycles. The fourth-order valence-corrected chi connectivity index (χ4v) is 3.45. The van der Waals surface area contributed by atoms with Crippen LogP contribution < -0.4 is 4.90 Å². The van der Waals surface area contributed by atoms with E-state index in [1.807, 2.05) is 0 Å². The molecule has 0 saturated carbocycles. The van der Waals surface area contributed by atoms with Crippen molar-refractivity contribution in [3.8, 4) is 11.4 Å². The van der Waals surface area contributed by atoms with Crippen LogP contribution in [-0.2, 0) is 0 Å². The number of fused-ring (bicyclic) bond motifs is 1. The van der Waals surface area contributed by atoms with E-state index in [1.54, 1.807) is 0 Å². The highest BCUT2D eigenvalue weighted by molar-refractivity contribution is 5.82. The monoisotopic (exact) mass is 320 g/mol. The first-order chi connectivity index (χ1) is 11.7. The molecule has 1 aromatic heterocycles. The number of imidazole rings is 1. The molecule has 0 amide bonds. The zero-order valence-electron chi connectivity index (χ0n) is 14.4. The van der Waals surface area contributed by atoms with E-state index in [4.69, 9.17) is 4.98 Å². The minimum atomic E-state index is 0.946. The van der Waals surface area contributed by atoms with Gasteiger partial charge in [-0.1, -0.05) is 12.1 Å². The summed E-state index contributed by atoms with van der Waals surface area (Å²) in [5.74, 6) is 0.946. The van der Waals surface area contributed by atoms with Gasteiger partial charge in [0.15, 0.2) is 0 Å². The number of aromatic nitrogens is 2. The minimum Gasteiger partial charge on any atom is -0.370 e. The highest BCUT2D eigenvalue weighted by Gasteiger charge is 2.13. The first-order valence-electron chi connectivity index (χ1n) is 8.70. The number of nitrogens with zero attached hydrogens (tertiary/aromatic N) is 3. The van der Waals surface area contributed by atoms with Crippen molar-refractivity contribution in [2.45, 2.75) is 13.3 Å². The summed E-state index contributed by atoms with van der Waals surface area (Å²) < 4.78 is 0. The lowest BCUT2D eigenvalue weighted by Crippen LogP contribution is -2.28. The minimum absolute atomic E-state index is 0.946. The van der Waals surface area contributed by atoms with Gasteiger partial charge in [-0.15, -0.1) is 0 Å². The maximum Gasteiger partial charge on any atom is 0.138 e. The molecule has 2 heterocycles. The first-order valence-corrected chi connectivity index (χ1v) is 8.70. The van der Waals surface area contributed by atoms with Gasteiger partial charge in [-0.3, -0.25) is 0 Å². The second kappa shape index (κ2) is 6.29. The van der Waals surface area contributed by atoms with Crippen molar-refractivity contribution in [1.82, 2.24) is 14.9 Å². The Labute approximate surface area is 143 Å². The largest absolute Gasteiger partial charge is 0.370 e. The third-order valence-corrected chi connectivity index (χ3v) is 4.94. The van der Waals surface area contributed by atoms with E-state index in [2.05, 4.69) is 71.2 Å². The zero-order valence-corrected chi connectivity index (χ0v) is 14.4. The van der Waals surface area contributed by atoms with Crippen molar-refractivity contribution >= 4 is 16.7 Å². The molecule has 1 N–H and O–H groups in total. The quantitative estimate of drug-likeness (QED) is 0.782. The lowest BCUT2D eigenvalue weighted by Gasteiger charge is -2.22. The second-order valence-corrected chi connectivity index (χ2v) is 6.75. The maximum atomic E-state index is 4.77. The third-order valence-electron chi connectivity index (χ3n) is 4.94. The predicted molar refractivity (Wildman–Crippen MR) is 101 cm³/mol. The lowest BCUT2D eigenvalue weighted by molar-refractivity contribution is 0.360. The Bertz CT molecular complexity index is 834. The summed E-state index contributed by atoms with van der Waals surface area (Å²) in [6.07, 6.45) is 1.22. The van der Waals surface area contributed by atoms with Gasteiger partial charge in [-0.2, -0.15) is 0 Å². The van der Waals surface area contributed by atoms with Crippen molar-refractivity contribution in [1.29, 1.82) is 0 Å². The van der Waals surface area contributed by atoms with Gasteiger partial charge in [-0.25, -0.2) is 4.98 Å². The van der Waals surface area contributed by atoms with Crippen molar-refractivity contribution < 1.29 is 0 Å². The zero-order chi connectivity index (χ0) is 16.5. The van der Waals surface area contributed by atoms with Crippen LogP contribution in [0.2, 0.25) is 0 Å². The Kier molecular flexibility index (Phi) is 3.98. The van der Waals surface area contributed by atoms with Crippen LogP contribution in [0.25, 0.3) is 22.4 Å². The van der Waals surface area contributed by atoms with E-state index in [9.17, 15) is 0 Å². The number of H-pyrrole nitrogens is 1. The summed E-state index contributed by atoms with van der Waals surface area (Å²) in [5, 5.41) is 0. The number of hydrogen-bond acceptors (Lipinski definition) is 3. The van der Waals surface area contributed by atoms with Crippen LogP contribution in [-0.4, -0.2) is 48.1 Å². The Balaban J connectivity index is 1.59. The molecule has 0 radical (unpaired) electrons. The molecule has 0 aliphatic carbocycles. The summed E-state index contributed by atoms with van der Waals surface area (Å²) in [7, 11) is 2.20. The van der Waals surface area contributed by atoms with Crippen LogP contribution in [0.15, 0.2) is 42.5 Å². The average Bonchev–Trinajstić information content (AvgIpc) is 2.92. The van der Waals surface area contributed by atoms with Gasteiger partial charge in [0.2, 0.25) is 0 Å². The van der Waals surface area contributed by atoms with Crippen LogP contribution in [0.3, 0.4) is 0 Å². The van der Waals surface area contributed by atoms with E-state index < -0.39 is 0 Å². The molecule has 124 valence electrons. The molecule has 4 nitrogen and oxygen atoms in total. The fraction of sp³-hybridized carbons (Fsp3) is 0.350. The van der Waals surface area contributed by atoms with E-state index in [1.165, 1.54) is 24.2 Å². The molecule has 1 aliphatic rings. The third kappa shape index (κ3) is 2.89. The smallest absolute Gasteiger partial charge is 0.138 e. The number of aryl methyl sites for hydroxylation is 1. The summed E-state index contributed by atoms with van der Waals surface area (Å²) >= 11 is 0. The maximum absolute atomic E-state index is 4.77. The van der Waals surface area contributed by atoms with Crippen LogP contribution in [0.1, 0.15) is 12.0 Å². The van der Waals surface area contributed by atoms with Gasteiger partial charge in [0, 0.05) is 30.9 Å². The Hall–Kier alpha value is -2.33. The van der Waals surface area contributed by atoms with Gasteiger partial charge in [0.1, 0.15) is 5.82 Å². The van der Waals surface area contributed by atoms with Crippen LogP contribution in [0, 0.1) is 6.92 Å². The van der Waals surface area contributed by atoms with Crippen molar-refractivity contribution in [3.05, 3.63) is 48.0 Å². The van der Waals surface area contributed by atoms with Gasteiger partial charge in [-0.05, 0) is 62.8 Å². The van der Waals surface area contributed by atoms with Crippen molar-refractivity contribution in [3.63, 3.8) is 0 Å². The highest BCUT2D eigenvalue weighted by atomic mass is 15.2. The van der Waals surface area contributed by atoms with E-state index in [0.29, 0.717) is 0 Å². The number of benzene rings is 2. The van der Waals surface area contributed by atoms with Crippen LogP contribution >= 0.6 is 0 Å². The Morgan fingerprint density at radius 3 is 2.58 bits per heavy atom. The van der Waals surface area contributed by atoms with Crippen LogP contribution in [0.5, 0.6) is 0 Å². The molecule has 0 spiro atoms. The molecule has 4 rings (SSSR count). The summed E-state index contributed by atoms with van der Waals surface area (Å²) in [6, 6.07) is 15.1. The van der Waals surface area contributed by atoms with E-state index >= 15 is 0 Å². The fourth-order valence-electron chi connectivity index (χ4n) is 3.45. The number of para-hydroxylation sites is 1. The number of aromatic amines is 1. The van der Waals surface area contributed by atoms with Gasteiger partial charge in [0.25, 0.3) is 0 Å². The molecule has 1 fully saturated rings. The molecule has 2 aromatic carbocycles. The number of nitrogens with one attached hydrogen (secondary N) is 1. The molecule has 0 atom stereocenters. The van der Waals surface area contributed by atoms with Gasteiger partial charge < -0.3 is 14.8 Å². The first kappa shape index (κ1) is 15.2. The summed E-state index contributed by atoms with van der Waals surface area (Å²) in [5.41, 5.74) is 5.82. The molecule has 4 heteroatoms. The normalized spacial score (nSPS) is 16.5. The predicted octanol–water partition coefficient (Wildman–Crippen LogP) is 3.68. The molecule has 24 heavy (non-hydrogen) atoms. The molecular formula is C20H24N4. The number of rotatable bonds is 2. The molecule has 0 unspecified atom stereocenters. The highest BCUT2D eigenvalue weighted by Crippen LogP contribution is 2.25. The molecule has 0 bridgehead atoms. The second-order valence-electron chi connectivity index (χ2n) is 6.75. The number of anilines is 1. The summed E-state index contributed by atoms with van der Waals surface area (Å²) in [6.45, 7) is 6.65. The lowest BCUT2D eigenvalue weighted by atomic mass is 10.2. The van der Waals surface area contributed by atoms with Gasteiger partial charge in [0.05, 0.1) is 11.0 Å². The van der Waals surface area contributed by atoms with E-state index in [-0.39, 0.29) is 0 Å². The Morgan fingerprint density at radius 2 is 1.79 bits per heavy atom. The van der Waals surface area contributed by atoms with Gasteiger partial charge >= 0.3 is 0 Å². The standard InChI is InChI=1S/C20H24N4/c1-15-5-3-6-18-19(15)22-20(21-18)16-7-9-17(10-8-16)24-12-4-11-23(2)13-14-24/h3,5-10H,4,11-14H2,1-2H3,(H,21,22). The van der Waals surface area contributed by atoms with Crippen molar-refractivity contribution in [2.75, 3.05) is 38.1 Å². The molecular weight excluding hydrogens is 296 g/mol. The summed E-state index contributed by atoms with van der Waals surface area (Å²) in [4.78, 5) is 13.1. The molecule has 3 aromatic rings. The topological polar surface area (TPSA) is 35.2 Å². The Morgan fingerprint density at radius 1 is 0.958 bits per heavy atom. The SMILES string of the molecule is Cc1cccc2[nH]c(-c3ccc(N4CCCN(C)CC4)cc3)nc12.